The molecule has 34 heavy (non-hydrogen) atoms. The van der Waals surface area contributed by atoms with E-state index in [-0.39, 0.29) is 29.9 Å². The van der Waals surface area contributed by atoms with E-state index in [1.165, 1.54) is 39.9 Å². The molecule has 0 unspecified atom stereocenters. The number of rotatable bonds is 9. The van der Waals surface area contributed by atoms with Crippen molar-refractivity contribution in [2.24, 2.45) is 0 Å². The summed E-state index contributed by atoms with van der Waals surface area (Å²) in [4.78, 5) is 12.3. The van der Waals surface area contributed by atoms with E-state index in [0.29, 0.717) is 21.7 Å². The van der Waals surface area contributed by atoms with E-state index in [1.807, 2.05) is 26.0 Å². The molecule has 4 rings (SSSR count). The highest BCUT2D eigenvalue weighted by Gasteiger charge is 2.15. The van der Waals surface area contributed by atoms with Crippen molar-refractivity contribution in [1.82, 2.24) is 30.4 Å². The molecule has 0 aliphatic rings. The van der Waals surface area contributed by atoms with Crippen molar-refractivity contribution in [3.8, 4) is 5.75 Å². The Bertz CT molecular complexity index is 1270. The summed E-state index contributed by atoms with van der Waals surface area (Å²) in [5.74, 6) is 7.11. The van der Waals surface area contributed by atoms with E-state index in [4.69, 9.17) is 10.6 Å². The molecule has 0 saturated heterocycles. The third-order valence-electron chi connectivity index (χ3n) is 4.65. The molecule has 0 spiro atoms. The zero-order chi connectivity index (χ0) is 24.1. The van der Waals surface area contributed by atoms with Gasteiger partial charge in [0.1, 0.15) is 23.2 Å². The van der Waals surface area contributed by atoms with Crippen LogP contribution < -0.4 is 15.9 Å². The smallest absolute Gasteiger partial charge is 0.282 e. The summed E-state index contributed by atoms with van der Waals surface area (Å²) in [6, 6.07) is 11.9. The van der Waals surface area contributed by atoms with Crippen molar-refractivity contribution in [2.75, 3.05) is 5.84 Å². The number of amides is 1. The fourth-order valence-electron chi connectivity index (χ4n) is 3.06. The van der Waals surface area contributed by atoms with Crippen LogP contribution in [0.15, 0.2) is 47.6 Å². The minimum absolute atomic E-state index is 0.185. The number of ether oxygens (including phenoxy) is 1. The SMILES string of the molecule is Cc1cc(C)cc(OCc2nnc(SCc3nnc(C(=O)NCc4ccc(F)cc4)s3)n2N)c1. The first kappa shape index (κ1) is 23.6. The quantitative estimate of drug-likeness (QED) is 0.266. The number of nitrogens with one attached hydrogen (secondary N) is 1. The van der Waals surface area contributed by atoms with Gasteiger partial charge in [-0.25, -0.2) is 9.07 Å². The molecule has 0 radical (unpaired) electrons. The molecule has 0 saturated carbocycles. The van der Waals surface area contributed by atoms with E-state index in [0.717, 1.165) is 22.4 Å². The number of hydrogen-bond acceptors (Lipinski definition) is 9. The molecule has 0 aliphatic heterocycles. The Labute approximate surface area is 203 Å². The van der Waals surface area contributed by atoms with Crippen LogP contribution in [0.4, 0.5) is 4.39 Å². The summed E-state index contributed by atoms with van der Waals surface area (Å²) in [6.45, 7) is 4.47. The van der Waals surface area contributed by atoms with Gasteiger partial charge in [0.15, 0.2) is 5.82 Å². The Morgan fingerprint density at radius 2 is 1.85 bits per heavy atom. The molecular formula is C22H22FN7O2S2. The predicted molar refractivity (Wildman–Crippen MR) is 127 cm³/mol. The average Bonchev–Trinajstić information content (AvgIpc) is 3.42. The maximum atomic E-state index is 13.0. The van der Waals surface area contributed by atoms with Crippen LogP contribution in [0.25, 0.3) is 0 Å². The van der Waals surface area contributed by atoms with Crippen molar-refractivity contribution in [2.45, 2.75) is 37.9 Å². The third kappa shape index (κ3) is 6.08. The maximum Gasteiger partial charge on any atom is 0.282 e. The van der Waals surface area contributed by atoms with E-state index in [1.54, 1.807) is 12.1 Å². The van der Waals surface area contributed by atoms with E-state index < -0.39 is 0 Å². The van der Waals surface area contributed by atoms with Crippen LogP contribution >= 0.6 is 23.1 Å². The molecule has 2 aromatic heterocycles. The molecule has 0 aliphatic carbocycles. The fraction of sp³-hybridized carbons (Fsp3) is 0.227. The highest BCUT2D eigenvalue weighted by Crippen LogP contribution is 2.23. The van der Waals surface area contributed by atoms with Crippen LogP contribution in [0.5, 0.6) is 5.75 Å². The lowest BCUT2D eigenvalue weighted by molar-refractivity contribution is 0.0950. The van der Waals surface area contributed by atoms with Crippen LogP contribution in [0, 0.1) is 19.7 Å². The monoisotopic (exact) mass is 499 g/mol. The van der Waals surface area contributed by atoms with Gasteiger partial charge in [-0.05, 0) is 54.8 Å². The lowest BCUT2D eigenvalue weighted by atomic mass is 10.1. The van der Waals surface area contributed by atoms with Crippen molar-refractivity contribution in [1.29, 1.82) is 0 Å². The van der Waals surface area contributed by atoms with Gasteiger partial charge in [-0.15, -0.1) is 20.4 Å². The van der Waals surface area contributed by atoms with Crippen molar-refractivity contribution in [3.05, 3.63) is 80.8 Å². The van der Waals surface area contributed by atoms with Gasteiger partial charge in [-0.3, -0.25) is 4.79 Å². The average molecular weight is 500 g/mol. The minimum atomic E-state index is -0.342. The summed E-state index contributed by atoms with van der Waals surface area (Å²) < 4.78 is 20.2. The van der Waals surface area contributed by atoms with Crippen molar-refractivity contribution < 1.29 is 13.9 Å². The standard InChI is InChI=1S/C22H22FN7O2S2/c1-13-7-14(2)9-17(8-13)32-11-18-26-29-22(30(18)24)33-12-19-27-28-21(34-19)20(31)25-10-15-3-5-16(23)6-4-15/h3-9H,10-12,24H2,1-2H3,(H,25,31). The van der Waals surface area contributed by atoms with Gasteiger partial charge in [-0.2, -0.15) is 0 Å². The summed E-state index contributed by atoms with van der Waals surface area (Å²) in [6.07, 6.45) is 0. The Balaban J connectivity index is 1.29. The van der Waals surface area contributed by atoms with Gasteiger partial charge in [0.2, 0.25) is 10.2 Å². The largest absolute Gasteiger partial charge is 0.486 e. The first-order chi connectivity index (χ1) is 16.4. The van der Waals surface area contributed by atoms with Crippen LogP contribution in [-0.4, -0.2) is 31.0 Å². The molecule has 176 valence electrons. The van der Waals surface area contributed by atoms with Gasteiger partial charge in [0, 0.05) is 6.54 Å². The number of carbonyl (C=O) groups excluding carboxylic acids is 1. The van der Waals surface area contributed by atoms with Gasteiger partial charge in [0.05, 0.1) is 5.75 Å². The number of carbonyl (C=O) groups is 1. The van der Waals surface area contributed by atoms with Crippen LogP contribution in [0.1, 0.15) is 37.3 Å². The number of nitrogens with two attached hydrogens (primary N) is 1. The second kappa shape index (κ2) is 10.6. The Morgan fingerprint density at radius 1 is 1.12 bits per heavy atom. The normalized spacial score (nSPS) is 10.9. The summed E-state index contributed by atoms with van der Waals surface area (Å²) >= 11 is 2.52. The van der Waals surface area contributed by atoms with Crippen LogP contribution in [0.3, 0.4) is 0 Å². The second-order valence-electron chi connectivity index (χ2n) is 7.48. The maximum absolute atomic E-state index is 13.0. The number of hydrogen-bond donors (Lipinski definition) is 2. The predicted octanol–water partition coefficient (Wildman–Crippen LogP) is 3.40. The Kier molecular flexibility index (Phi) is 7.38. The van der Waals surface area contributed by atoms with E-state index in [9.17, 15) is 9.18 Å². The number of benzene rings is 2. The molecule has 3 N–H and O–H groups in total. The van der Waals surface area contributed by atoms with E-state index in [2.05, 4.69) is 31.8 Å². The summed E-state index contributed by atoms with van der Waals surface area (Å²) in [5, 5.41) is 20.4. The van der Waals surface area contributed by atoms with Gasteiger partial charge in [-0.1, -0.05) is 41.3 Å². The molecule has 1 amide bonds. The summed E-state index contributed by atoms with van der Waals surface area (Å²) in [7, 11) is 0. The third-order valence-corrected chi connectivity index (χ3v) is 6.71. The second-order valence-corrected chi connectivity index (χ2v) is 9.48. The van der Waals surface area contributed by atoms with E-state index >= 15 is 0 Å². The molecule has 0 fully saturated rings. The number of nitrogens with zero attached hydrogens (tertiary/aromatic N) is 5. The molecule has 2 aromatic carbocycles. The highest BCUT2D eigenvalue weighted by molar-refractivity contribution is 7.98. The topological polar surface area (TPSA) is 121 Å². The number of thioether (sulfide) groups is 1. The molecule has 2 heterocycles. The highest BCUT2D eigenvalue weighted by atomic mass is 32.2. The number of aryl methyl sites for hydroxylation is 2. The van der Waals surface area contributed by atoms with Crippen LogP contribution in [0.2, 0.25) is 0 Å². The first-order valence-electron chi connectivity index (χ1n) is 10.3. The molecule has 9 nitrogen and oxygen atoms in total. The zero-order valence-electron chi connectivity index (χ0n) is 18.5. The molecule has 4 aromatic rings. The number of halogens is 1. The van der Waals surface area contributed by atoms with Crippen LogP contribution in [-0.2, 0) is 18.9 Å². The molecule has 0 bridgehead atoms. The number of aromatic nitrogens is 5. The molecule has 0 atom stereocenters. The number of nitrogen functional groups attached to an aromatic ring is 1. The Morgan fingerprint density at radius 3 is 2.59 bits per heavy atom. The van der Waals surface area contributed by atoms with Gasteiger partial charge >= 0.3 is 0 Å². The zero-order valence-corrected chi connectivity index (χ0v) is 20.1. The lowest BCUT2D eigenvalue weighted by Gasteiger charge is -2.08. The fourth-order valence-corrected chi connectivity index (χ4v) is 4.68. The van der Waals surface area contributed by atoms with Crippen molar-refractivity contribution in [3.63, 3.8) is 0 Å². The lowest BCUT2D eigenvalue weighted by Crippen LogP contribution is -2.22. The molecular weight excluding hydrogens is 477 g/mol. The van der Waals surface area contributed by atoms with Gasteiger partial charge in [0.25, 0.3) is 5.91 Å². The Hall–Kier alpha value is -3.51. The molecule has 12 heteroatoms. The first-order valence-corrected chi connectivity index (χ1v) is 12.1. The minimum Gasteiger partial charge on any atom is -0.486 e. The van der Waals surface area contributed by atoms with Gasteiger partial charge < -0.3 is 15.9 Å². The summed E-state index contributed by atoms with van der Waals surface area (Å²) in [5.41, 5.74) is 3.01. The van der Waals surface area contributed by atoms with Crippen molar-refractivity contribution >= 4 is 29.0 Å².